The number of benzene rings is 2. The van der Waals surface area contributed by atoms with Gasteiger partial charge in [-0.25, -0.2) is 9.18 Å². The van der Waals surface area contributed by atoms with Gasteiger partial charge in [0.25, 0.3) is 0 Å². The second kappa shape index (κ2) is 13.3. The van der Waals surface area contributed by atoms with Gasteiger partial charge in [-0.15, -0.1) is 0 Å². The maximum Gasteiger partial charge on any atom is 0.337 e. The van der Waals surface area contributed by atoms with Crippen LogP contribution in [0.25, 0.3) is 22.4 Å². The summed E-state index contributed by atoms with van der Waals surface area (Å²) in [6, 6.07) is 14.8. The highest BCUT2D eigenvalue weighted by molar-refractivity contribution is 5.94. The van der Waals surface area contributed by atoms with Gasteiger partial charge >= 0.3 is 5.97 Å². The first-order chi connectivity index (χ1) is 22.8. The molecule has 254 valence electrons. The molecule has 48 heavy (non-hydrogen) atoms. The molecule has 6 rings (SSSR count). The minimum absolute atomic E-state index is 0.189. The van der Waals surface area contributed by atoms with E-state index in [-0.39, 0.29) is 11.2 Å². The molecule has 0 bridgehead atoms. The molecule has 2 aromatic carbocycles. The quantitative estimate of drug-likeness (QED) is 0.173. The molecule has 8 nitrogen and oxygen atoms in total. The summed E-state index contributed by atoms with van der Waals surface area (Å²) in [5.41, 5.74) is 6.01. The minimum atomic E-state index is -1.21. The van der Waals surface area contributed by atoms with Crippen LogP contribution in [0.5, 0.6) is 5.75 Å². The van der Waals surface area contributed by atoms with Crippen molar-refractivity contribution in [3.63, 3.8) is 0 Å². The summed E-state index contributed by atoms with van der Waals surface area (Å²) in [6.07, 6.45) is 7.56. The van der Waals surface area contributed by atoms with E-state index in [0.29, 0.717) is 36.1 Å². The molecule has 1 aliphatic heterocycles. The number of carbonyl (C=O) groups is 1. The van der Waals surface area contributed by atoms with E-state index in [0.717, 1.165) is 72.4 Å². The molecular formula is C39H47FN4O4. The molecule has 0 radical (unpaired) electrons. The number of carboxylic acids is 1. The van der Waals surface area contributed by atoms with Gasteiger partial charge in [0, 0.05) is 48.1 Å². The third kappa shape index (κ3) is 7.73. The molecule has 1 saturated carbocycles. The largest absolute Gasteiger partial charge is 0.493 e. The molecule has 1 aliphatic carbocycles. The van der Waals surface area contributed by atoms with E-state index in [1.165, 1.54) is 12.1 Å². The van der Waals surface area contributed by atoms with Crippen LogP contribution in [0.15, 0.2) is 60.9 Å². The first-order valence-corrected chi connectivity index (χ1v) is 17.0. The van der Waals surface area contributed by atoms with E-state index >= 15 is 0 Å². The lowest BCUT2D eigenvalue weighted by Gasteiger charge is -2.41. The standard InChI is InChI=1S/C39H47FN4O4/c1-25-32(36(37(45)46)48-38(2,3)4)35(43-20-18-39(5,6)19-21-43)33(34(42-25)28-23-41-44(24-28)30-13-14-30)27-9-15-31(16-10-27)47-22-17-26-7-11-29(40)12-8-26/h7-12,15-16,23-24,30,36H,13-14,17-22H2,1-6H3,(H,45,46). The Balaban J connectivity index is 1.47. The van der Waals surface area contributed by atoms with Crippen molar-refractivity contribution in [2.45, 2.75) is 91.4 Å². The van der Waals surface area contributed by atoms with Crippen LogP contribution in [0.1, 0.15) is 89.3 Å². The van der Waals surface area contributed by atoms with Crippen LogP contribution in [0.2, 0.25) is 0 Å². The maximum atomic E-state index is 13.3. The number of rotatable bonds is 11. The van der Waals surface area contributed by atoms with Crippen molar-refractivity contribution in [1.29, 1.82) is 0 Å². The van der Waals surface area contributed by atoms with Crippen molar-refractivity contribution >= 4 is 11.7 Å². The van der Waals surface area contributed by atoms with Crippen molar-refractivity contribution in [3.05, 3.63) is 83.6 Å². The fraction of sp³-hybridized carbons (Fsp3) is 0.462. The lowest BCUT2D eigenvalue weighted by molar-refractivity contribution is -0.160. The van der Waals surface area contributed by atoms with Crippen molar-refractivity contribution in [1.82, 2.24) is 14.8 Å². The molecule has 0 spiro atoms. The molecule has 2 aromatic heterocycles. The van der Waals surface area contributed by atoms with Gasteiger partial charge in [0.15, 0.2) is 6.10 Å². The summed E-state index contributed by atoms with van der Waals surface area (Å²) in [6.45, 7) is 14.1. The number of anilines is 1. The Kier molecular flexibility index (Phi) is 9.35. The Labute approximate surface area is 282 Å². The summed E-state index contributed by atoms with van der Waals surface area (Å²) in [5.74, 6) is -0.584. The van der Waals surface area contributed by atoms with Crippen molar-refractivity contribution in [2.24, 2.45) is 5.41 Å². The molecule has 1 unspecified atom stereocenters. The number of piperidine rings is 1. The first-order valence-electron chi connectivity index (χ1n) is 17.0. The number of aromatic nitrogens is 3. The number of hydrogen-bond acceptors (Lipinski definition) is 6. The predicted molar refractivity (Wildman–Crippen MR) is 186 cm³/mol. The highest BCUT2D eigenvalue weighted by atomic mass is 19.1. The van der Waals surface area contributed by atoms with Gasteiger partial charge < -0.3 is 19.5 Å². The normalized spacial score (nSPS) is 16.9. The third-order valence-electron chi connectivity index (χ3n) is 9.30. The van der Waals surface area contributed by atoms with Gasteiger partial charge in [-0.2, -0.15) is 5.10 Å². The van der Waals surface area contributed by atoms with Crippen LogP contribution in [0.4, 0.5) is 10.1 Å². The summed E-state index contributed by atoms with van der Waals surface area (Å²) >= 11 is 0. The van der Waals surface area contributed by atoms with Gasteiger partial charge in [0.1, 0.15) is 11.6 Å². The SMILES string of the molecule is Cc1nc(-c2cnn(C3CC3)c2)c(-c2ccc(OCCc3ccc(F)cc3)cc2)c(N2CCC(C)(C)CC2)c1C(OC(C)(C)C)C(=O)O. The Bertz CT molecular complexity index is 1740. The number of hydrogen-bond donors (Lipinski definition) is 1. The maximum absolute atomic E-state index is 13.3. The molecule has 0 amide bonds. The second-order valence-corrected chi connectivity index (χ2v) is 15.0. The Hall–Kier alpha value is -4.24. The zero-order valence-corrected chi connectivity index (χ0v) is 28.9. The number of aliphatic carboxylic acids is 1. The van der Waals surface area contributed by atoms with E-state index in [4.69, 9.17) is 19.6 Å². The van der Waals surface area contributed by atoms with E-state index in [1.807, 2.05) is 62.8 Å². The number of carboxylic acid groups (broad SMARTS) is 1. The van der Waals surface area contributed by atoms with Crippen LogP contribution in [0, 0.1) is 18.2 Å². The molecule has 9 heteroatoms. The summed E-state index contributed by atoms with van der Waals surface area (Å²) in [7, 11) is 0. The number of aryl methyl sites for hydroxylation is 1. The van der Waals surface area contributed by atoms with E-state index < -0.39 is 17.7 Å². The number of nitrogens with zero attached hydrogens (tertiary/aromatic N) is 4. The molecule has 1 saturated heterocycles. The molecule has 4 aromatic rings. The van der Waals surface area contributed by atoms with Crippen LogP contribution >= 0.6 is 0 Å². The van der Waals surface area contributed by atoms with Gasteiger partial charge in [-0.05, 0) is 94.2 Å². The van der Waals surface area contributed by atoms with E-state index in [2.05, 4.69) is 24.9 Å². The minimum Gasteiger partial charge on any atom is -0.493 e. The van der Waals surface area contributed by atoms with Gasteiger partial charge in [-0.1, -0.05) is 38.1 Å². The molecule has 3 heterocycles. The lowest BCUT2D eigenvalue weighted by Crippen LogP contribution is -2.39. The molecule has 2 aliphatic rings. The van der Waals surface area contributed by atoms with Gasteiger partial charge in [-0.3, -0.25) is 9.67 Å². The molecular weight excluding hydrogens is 607 g/mol. The summed E-state index contributed by atoms with van der Waals surface area (Å²) in [5, 5.41) is 15.3. The third-order valence-corrected chi connectivity index (χ3v) is 9.30. The summed E-state index contributed by atoms with van der Waals surface area (Å²) in [4.78, 5) is 20.5. The van der Waals surface area contributed by atoms with Crippen LogP contribution in [-0.4, -0.2) is 51.1 Å². The topological polar surface area (TPSA) is 89.7 Å². The predicted octanol–water partition coefficient (Wildman–Crippen LogP) is 8.58. The van der Waals surface area contributed by atoms with E-state index in [1.54, 1.807) is 12.1 Å². The van der Waals surface area contributed by atoms with Gasteiger partial charge in [0.2, 0.25) is 0 Å². The lowest BCUT2D eigenvalue weighted by atomic mass is 9.81. The monoisotopic (exact) mass is 654 g/mol. The van der Waals surface area contributed by atoms with Crippen LogP contribution in [0.3, 0.4) is 0 Å². The van der Waals surface area contributed by atoms with Crippen molar-refractivity contribution < 1.29 is 23.8 Å². The number of halogens is 1. The van der Waals surface area contributed by atoms with E-state index in [9.17, 15) is 14.3 Å². The van der Waals surface area contributed by atoms with Crippen molar-refractivity contribution in [3.8, 4) is 28.1 Å². The first kappa shape index (κ1) is 33.7. The Morgan fingerprint density at radius 1 is 1.04 bits per heavy atom. The zero-order chi connectivity index (χ0) is 34.2. The molecule has 1 atom stereocenters. The Morgan fingerprint density at radius 3 is 2.31 bits per heavy atom. The number of pyridine rings is 1. The fourth-order valence-corrected chi connectivity index (χ4v) is 6.40. The summed E-state index contributed by atoms with van der Waals surface area (Å²) < 4.78 is 27.7. The highest BCUT2D eigenvalue weighted by Gasteiger charge is 2.37. The smallest absolute Gasteiger partial charge is 0.337 e. The fourth-order valence-electron chi connectivity index (χ4n) is 6.40. The Morgan fingerprint density at radius 2 is 1.71 bits per heavy atom. The molecule has 2 fully saturated rings. The average molecular weight is 655 g/mol. The second-order valence-electron chi connectivity index (χ2n) is 15.0. The van der Waals surface area contributed by atoms with Crippen molar-refractivity contribution in [2.75, 3.05) is 24.6 Å². The van der Waals surface area contributed by atoms with Gasteiger partial charge in [0.05, 0.1) is 35.8 Å². The van der Waals surface area contributed by atoms with Crippen LogP contribution in [-0.2, 0) is 16.0 Å². The van der Waals surface area contributed by atoms with Crippen LogP contribution < -0.4 is 9.64 Å². The average Bonchev–Trinajstić information content (AvgIpc) is 3.76. The highest BCUT2D eigenvalue weighted by Crippen LogP contribution is 2.48. The number of ether oxygens (including phenoxy) is 2. The molecule has 1 N–H and O–H groups in total. The zero-order valence-electron chi connectivity index (χ0n) is 28.9.